The Hall–Kier alpha value is 0.200. The molecular weight excluding hydrogens is 336 g/mol. The van der Waals surface area contributed by atoms with Crippen LogP contribution in [0.2, 0.25) is 0 Å². The molecule has 21 heavy (non-hydrogen) atoms. The average molecular weight is 362 g/mol. The summed E-state index contributed by atoms with van der Waals surface area (Å²) in [7, 11) is -3.87. The zero-order valence-electron chi connectivity index (χ0n) is 13.7. The fourth-order valence-corrected chi connectivity index (χ4v) is 5.41. The molecule has 0 N–H and O–H groups in total. The number of ether oxygens (including phenoxy) is 1. The summed E-state index contributed by atoms with van der Waals surface area (Å²) in [6.07, 6.45) is -0.420. The topological polar surface area (TPSA) is 55.8 Å². The summed E-state index contributed by atoms with van der Waals surface area (Å²) < 4.78 is 23.1. The molecule has 0 saturated carbocycles. The number of carbonyl (C=O) groups is 1. The lowest BCUT2D eigenvalue weighted by Gasteiger charge is -2.41. The molecule has 0 radical (unpaired) electrons. The summed E-state index contributed by atoms with van der Waals surface area (Å²) in [5, 5.41) is 0. The first kappa shape index (κ1) is 21.2. The quantitative estimate of drug-likeness (QED) is 0.364. The Morgan fingerprint density at radius 3 is 1.86 bits per heavy atom. The molecule has 1 atom stereocenters. The second-order valence-electron chi connectivity index (χ2n) is 5.50. The van der Waals surface area contributed by atoms with Crippen molar-refractivity contribution in [3.05, 3.63) is 0 Å². The Labute approximate surface area is 137 Å². The van der Waals surface area contributed by atoms with E-state index in [1.165, 1.54) is 4.67 Å². The summed E-state index contributed by atoms with van der Waals surface area (Å²) in [5.41, 5.74) is 0. The van der Waals surface area contributed by atoms with E-state index in [0.717, 1.165) is 0 Å². The van der Waals surface area contributed by atoms with Gasteiger partial charge in [0, 0.05) is 12.1 Å². The molecule has 126 valence electrons. The zero-order chi connectivity index (χ0) is 17.0. The molecule has 0 saturated heterocycles. The SMILES string of the molecule is CCOP(=O)(N(C(C)C)C(C)C)C(Cl)(Cl)C(=O)OC(C)C. The van der Waals surface area contributed by atoms with E-state index in [-0.39, 0.29) is 18.7 Å². The minimum Gasteiger partial charge on any atom is -0.460 e. The second-order valence-corrected chi connectivity index (χ2v) is 9.79. The van der Waals surface area contributed by atoms with E-state index >= 15 is 0 Å². The van der Waals surface area contributed by atoms with Gasteiger partial charge in [0.1, 0.15) is 0 Å². The molecule has 0 fully saturated rings. The number of hydrogen-bond donors (Lipinski definition) is 0. The van der Waals surface area contributed by atoms with Crippen LogP contribution in [0, 0.1) is 0 Å². The summed E-state index contributed by atoms with van der Waals surface area (Å²) in [6, 6.07) is -0.350. The largest absolute Gasteiger partial charge is 0.460 e. The van der Waals surface area contributed by atoms with Gasteiger partial charge in [0.25, 0.3) is 0 Å². The summed E-state index contributed by atoms with van der Waals surface area (Å²) in [6.45, 7) is 12.5. The van der Waals surface area contributed by atoms with Crippen molar-refractivity contribution in [3.8, 4) is 0 Å². The van der Waals surface area contributed by atoms with Gasteiger partial charge in [-0.2, -0.15) is 0 Å². The number of esters is 1. The number of carbonyl (C=O) groups excluding carboxylic acids is 1. The van der Waals surface area contributed by atoms with Crippen LogP contribution in [0.3, 0.4) is 0 Å². The van der Waals surface area contributed by atoms with Gasteiger partial charge in [0.2, 0.25) is 0 Å². The molecule has 0 bridgehead atoms. The Bertz CT molecular complexity index is 392. The fourth-order valence-electron chi connectivity index (χ4n) is 2.07. The van der Waals surface area contributed by atoms with Crippen molar-refractivity contribution in [1.82, 2.24) is 4.67 Å². The first-order chi connectivity index (χ1) is 9.41. The summed E-state index contributed by atoms with van der Waals surface area (Å²) in [4.78, 5) is 12.2. The third-order valence-electron chi connectivity index (χ3n) is 2.61. The van der Waals surface area contributed by atoms with Crippen molar-refractivity contribution in [2.75, 3.05) is 6.61 Å². The van der Waals surface area contributed by atoms with Crippen molar-refractivity contribution in [3.63, 3.8) is 0 Å². The Morgan fingerprint density at radius 2 is 1.57 bits per heavy atom. The van der Waals surface area contributed by atoms with Gasteiger partial charge in [-0.25, -0.2) is 9.46 Å². The van der Waals surface area contributed by atoms with Crippen LogP contribution in [0.5, 0.6) is 0 Å². The van der Waals surface area contributed by atoms with Crippen LogP contribution in [0.15, 0.2) is 0 Å². The number of rotatable bonds is 8. The molecule has 0 aliphatic rings. The van der Waals surface area contributed by atoms with Gasteiger partial charge in [-0.1, -0.05) is 23.2 Å². The van der Waals surface area contributed by atoms with Crippen LogP contribution in [0.25, 0.3) is 0 Å². The van der Waals surface area contributed by atoms with Crippen molar-refractivity contribution in [2.24, 2.45) is 0 Å². The van der Waals surface area contributed by atoms with Crippen LogP contribution in [0.1, 0.15) is 48.5 Å². The van der Waals surface area contributed by atoms with Crippen molar-refractivity contribution < 1.29 is 18.6 Å². The van der Waals surface area contributed by atoms with E-state index in [1.54, 1.807) is 20.8 Å². The molecule has 5 nitrogen and oxygen atoms in total. The van der Waals surface area contributed by atoms with E-state index in [4.69, 9.17) is 32.5 Å². The van der Waals surface area contributed by atoms with Crippen LogP contribution >= 0.6 is 30.7 Å². The molecule has 0 rings (SSSR count). The highest BCUT2D eigenvalue weighted by atomic mass is 35.5. The maximum Gasteiger partial charge on any atom is 0.354 e. The number of nitrogens with zero attached hydrogens (tertiary/aromatic N) is 1. The van der Waals surface area contributed by atoms with Crippen molar-refractivity contribution in [2.45, 2.75) is 70.7 Å². The molecule has 0 spiro atoms. The van der Waals surface area contributed by atoms with E-state index < -0.39 is 23.7 Å². The molecule has 0 heterocycles. The van der Waals surface area contributed by atoms with E-state index in [9.17, 15) is 9.36 Å². The van der Waals surface area contributed by atoms with E-state index in [0.29, 0.717) is 0 Å². The Kier molecular flexibility index (Phi) is 8.24. The number of hydrogen-bond acceptors (Lipinski definition) is 4. The van der Waals surface area contributed by atoms with E-state index in [1.807, 2.05) is 27.7 Å². The lowest BCUT2D eigenvalue weighted by Crippen LogP contribution is -2.43. The smallest absolute Gasteiger partial charge is 0.354 e. The van der Waals surface area contributed by atoms with Crippen molar-refractivity contribution in [1.29, 1.82) is 0 Å². The predicted molar refractivity (Wildman–Crippen MR) is 87.0 cm³/mol. The molecule has 0 aliphatic heterocycles. The number of alkyl halides is 2. The lowest BCUT2D eigenvalue weighted by molar-refractivity contribution is -0.146. The summed E-state index contributed by atoms with van der Waals surface area (Å²) in [5.74, 6) is -0.955. The van der Waals surface area contributed by atoms with Crippen LogP contribution < -0.4 is 0 Å². The Morgan fingerprint density at radius 1 is 1.14 bits per heavy atom. The fraction of sp³-hybridized carbons (Fsp3) is 0.923. The normalized spacial score (nSPS) is 15.9. The lowest BCUT2D eigenvalue weighted by atomic mass is 10.3. The molecule has 1 unspecified atom stereocenters. The standard InChI is InChI=1S/C13H26Cl2NO4P/c1-8-19-21(18,16(9(2)3)10(4)5)13(14,15)12(17)20-11(6)7/h9-11H,8H2,1-7H3. The third-order valence-corrected chi connectivity index (χ3v) is 7.23. The summed E-state index contributed by atoms with van der Waals surface area (Å²) >= 11 is 12.3. The average Bonchev–Trinajstić information content (AvgIpc) is 2.26. The first-order valence-corrected chi connectivity index (χ1v) is 9.37. The molecule has 8 heteroatoms. The second kappa shape index (κ2) is 8.16. The van der Waals surface area contributed by atoms with Gasteiger partial charge in [0.15, 0.2) is 0 Å². The van der Waals surface area contributed by atoms with Gasteiger partial charge >= 0.3 is 17.6 Å². The molecule has 0 aromatic carbocycles. The third kappa shape index (κ3) is 4.84. The minimum atomic E-state index is -3.87. The highest BCUT2D eigenvalue weighted by Crippen LogP contribution is 2.67. The zero-order valence-corrected chi connectivity index (χ0v) is 16.1. The molecule has 0 aromatic heterocycles. The molecule has 0 amide bonds. The van der Waals surface area contributed by atoms with Gasteiger partial charge in [0.05, 0.1) is 12.7 Å². The van der Waals surface area contributed by atoms with Crippen LogP contribution in [-0.2, 0) is 18.6 Å². The monoisotopic (exact) mass is 361 g/mol. The minimum absolute atomic E-state index is 0.114. The number of halogens is 2. The van der Waals surface area contributed by atoms with Gasteiger partial charge < -0.3 is 9.26 Å². The first-order valence-electron chi connectivity index (χ1n) is 7.04. The van der Waals surface area contributed by atoms with Gasteiger partial charge in [-0.3, -0.25) is 4.57 Å². The maximum absolute atomic E-state index is 13.4. The Balaban J connectivity index is 5.82. The highest BCUT2D eigenvalue weighted by Gasteiger charge is 2.59. The molecule has 0 aromatic rings. The van der Waals surface area contributed by atoms with Crippen LogP contribution in [0.4, 0.5) is 0 Å². The van der Waals surface area contributed by atoms with Crippen molar-refractivity contribution >= 4 is 36.7 Å². The highest BCUT2D eigenvalue weighted by molar-refractivity contribution is 7.64. The maximum atomic E-state index is 13.4. The van der Waals surface area contributed by atoms with E-state index in [2.05, 4.69) is 0 Å². The molecular formula is C13H26Cl2NO4P. The van der Waals surface area contributed by atoms with Gasteiger partial charge in [-0.15, -0.1) is 0 Å². The molecule has 0 aliphatic carbocycles. The predicted octanol–water partition coefficient (Wildman–Crippen LogP) is 4.42. The van der Waals surface area contributed by atoms with Crippen LogP contribution in [-0.4, -0.2) is 39.5 Å². The van der Waals surface area contributed by atoms with Gasteiger partial charge in [-0.05, 0) is 48.5 Å².